The molecule has 3 N–H and O–H groups in total. The Bertz CT molecular complexity index is 524. The maximum absolute atomic E-state index is 12.0. The average molecular weight is 275 g/mol. The zero-order chi connectivity index (χ0) is 15.1. The number of hydrazine groups is 1. The lowest BCUT2D eigenvalue weighted by molar-refractivity contribution is -0.122. The van der Waals surface area contributed by atoms with Crippen molar-refractivity contribution >= 4 is 11.6 Å². The van der Waals surface area contributed by atoms with Gasteiger partial charge in [0.15, 0.2) is 0 Å². The molecule has 0 radical (unpaired) electrons. The van der Waals surface area contributed by atoms with Crippen molar-refractivity contribution in [3.8, 4) is 0 Å². The molecule has 0 unspecified atom stereocenters. The summed E-state index contributed by atoms with van der Waals surface area (Å²) >= 11 is 0. The maximum atomic E-state index is 12.0. The Balaban J connectivity index is 2.54. The molecule has 0 saturated heterocycles. The van der Waals surface area contributed by atoms with Crippen molar-refractivity contribution in [3.05, 3.63) is 29.3 Å². The number of benzene rings is 1. The zero-order valence-corrected chi connectivity index (χ0v) is 13.0. The normalized spacial score (nSPS) is 22.1. The van der Waals surface area contributed by atoms with Crippen LogP contribution in [0.25, 0.3) is 0 Å². The van der Waals surface area contributed by atoms with E-state index in [9.17, 15) is 4.79 Å². The number of amides is 1. The first-order valence-corrected chi connectivity index (χ1v) is 7.18. The van der Waals surface area contributed by atoms with Gasteiger partial charge in [-0.3, -0.25) is 10.2 Å². The second kappa shape index (κ2) is 5.09. The molecule has 2 atom stereocenters. The molecule has 0 aromatic heterocycles. The molecule has 1 aliphatic heterocycles. The molecule has 1 aliphatic rings. The molecule has 4 heteroatoms. The Labute approximate surface area is 121 Å². The van der Waals surface area contributed by atoms with E-state index >= 15 is 0 Å². The van der Waals surface area contributed by atoms with Crippen LogP contribution in [-0.2, 0) is 4.79 Å². The highest BCUT2D eigenvalue weighted by Crippen LogP contribution is 2.44. The van der Waals surface area contributed by atoms with E-state index in [0.29, 0.717) is 5.92 Å². The second-order valence-corrected chi connectivity index (χ2v) is 6.53. The third-order valence-corrected chi connectivity index (χ3v) is 4.34. The number of anilines is 1. The molecule has 1 heterocycles. The molecule has 20 heavy (non-hydrogen) atoms. The first-order chi connectivity index (χ1) is 9.27. The number of carbonyl (C=O) groups is 1. The fraction of sp³-hybridized carbons (Fsp3) is 0.562. The van der Waals surface area contributed by atoms with Crippen molar-refractivity contribution in [2.45, 2.75) is 58.5 Å². The van der Waals surface area contributed by atoms with E-state index in [4.69, 9.17) is 5.84 Å². The van der Waals surface area contributed by atoms with Gasteiger partial charge in [0.05, 0.1) is 0 Å². The molecule has 1 aromatic carbocycles. The van der Waals surface area contributed by atoms with Gasteiger partial charge >= 0.3 is 0 Å². The van der Waals surface area contributed by atoms with E-state index in [-0.39, 0.29) is 17.5 Å². The first-order valence-electron chi connectivity index (χ1n) is 7.18. The first kappa shape index (κ1) is 14.9. The summed E-state index contributed by atoms with van der Waals surface area (Å²) in [7, 11) is 0. The van der Waals surface area contributed by atoms with Gasteiger partial charge in [0, 0.05) is 11.2 Å². The molecule has 0 aliphatic carbocycles. The van der Waals surface area contributed by atoms with E-state index in [0.717, 1.165) is 12.1 Å². The van der Waals surface area contributed by atoms with Crippen molar-refractivity contribution in [2.75, 3.05) is 4.90 Å². The highest BCUT2D eigenvalue weighted by Gasteiger charge is 2.40. The van der Waals surface area contributed by atoms with Crippen molar-refractivity contribution in [1.82, 2.24) is 5.43 Å². The van der Waals surface area contributed by atoms with Crippen LogP contribution in [0.5, 0.6) is 0 Å². The number of rotatable bonds is 2. The minimum absolute atomic E-state index is 0.0758. The summed E-state index contributed by atoms with van der Waals surface area (Å²) in [5.74, 6) is 5.65. The topological polar surface area (TPSA) is 58.4 Å². The minimum Gasteiger partial charge on any atom is -0.354 e. The van der Waals surface area contributed by atoms with Crippen LogP contribution in [0.4, 0.5) is 5.69 Å². The molecular formula is C16H25N3O. The van der Waals surface area contributed by atoms with Gasteiger partial charge in [-0.2, -0.15) is 0 Å². The van der Waals surface area contributed by atoms with Crippen molar-refractivity contribution in [1.29, 1.82) is 0 Å². The van der Waals surface area contributed by atoms with Crippen LogP contribution in [0.15, 0.2) is 18.2 Å². The SMILES string of the molecule is Cc1ccc2c(c1)[C@@H](C)CC(C)(C)N2[C@@H](C)C(=O)NN. The highest BCUT2D eigenvalue weighted by molar-refractivity contribution is 5.85. The number of hydrogen-bond acceptors (Lipinski definition) is 3. The molecule has 0 fully saturated rings. The highest BCUT2D eigenvalue weighted by atomic mass is 16.2. The second-order valence-electron chi connectivity index (χ2n) is 6.53. The third-order valence-electron chi connectivity index (χ3n) is 4.34. The van der Waals surface area contributed by atoms with Crippen molar-refractivity contribution in [3.63, 3.8) is 0 Å². The van der Waals surface area contributed by atoms with Crippen LogP contribution in [-0.4, -0.2) is 17.5 Å². The number of fused-ring (bicyclic) bond motifs is 1. The number of nitrogens with two attached hydrogens (primary N) is 1. The smallest absolute Gasteiger partial charge is 0.256 e. The van der Waals surface area contributed by atoms with Gasteiger partial charge in [0.2, 0.25) is 0 Å². The van der Waals surface area contributed by atoms with E-state index in [2.05, 4.69) is 56.2 Å². The fourth-order valence-corrected chi connectivity index (χ4v) is 3.54. The Morgan fingerprint density at radius 2 is 2.15 bits per heavy atom. The summed E-state index contributed by atoms with van der Waals surface area (Å²) in [5, 5.41) is 0. The summed E-state index contributed by atoms with van der Waals surface area (Å²) in [6, 6.07) is 6.18. The Morgan fingerprint density at radius 1 is 1.50 bits per heavy atom. The molecule has 0 saturated carbocycles. The number of hydrogen-bond donors (Lipinski definition) is 2. The molecule has 0 spiro atoms. The van der Waals surface area contributed by atoms with Gasteiger partial charge in [0.25, 0.3) is 5.91 Å². The van der Waals surface area contributed by atoms with Gasteiger partial charge < -0.3 is 4.90 Å². The van der Waals surface area contributed by atoms with Crippen molar-refractivity contribution in [2.24, 2.45) is 5.84 Å². The molecule has 4 nitrogen and oxygen atoms in total. The molecule has 0 bridgehead atoms. The maximum Gasteiger partial charge on any atom is 0.256 e. The third kappa shape index (κ3) is 2.40. The Morgan fingerprint density at radius 3 is 2.75 bits per heavy atom. The summed E-state index contributed by atoms with van der Waals surface area (Å²) < 4.78 is 0. The quantitative estimate of drug-likeness (QED) is 0.495. The van der Waals surface area contributed by atoms with Gasteiger partial charge in [-0.25, -0.2) is 5.84 Å². The van der Waals surface area contributed by atoms with Crippen molar-refractivity contribution < 1.29 is 4.79 Å². The van der Waals surface area contributed by atoms with Crippen LogP contribution in [0, 0.1) is 6.92 Å². The van der Waals surface area contributed by atoms with Gasteiger partial charge in [-0.05, 0) is 51.7 Å². The largest absolute Gasteiger partial charge is 0.354 e. The van der Waals surface area contributed by atoms with Gasteiger partial charge in [0.1, 0.15) is 6.04 Å². The van der Waals surface area contributed by atoms with E-state index in [1.54, 1.807) is 0 Å². The lowest BCUT2D eigenvalue weighted by Crippen LogP contribution is -2.58. The number of aryl methyl sites for hydroxylation is 1. The lowest BCUT2D eigenvalue weighted by atomic mass is 9.78. The number of nitrogens with one attached hydrogen (secondary N) is 1. The Hall–Kier alpha value is -1.55. The summed E-state index contributed by atoms with van der Waals surface area (Å²) in [4.78, 5) is 14.2. The summed E-state index contributed by atoms with van der Waals surface area (Å²) in [6.07, 6.45) is 1.02. The zero-order valence-electron chi connectivity index (χ0n) is 13.0. The van der Waals surface area contributed by atoms with Crippen LogP contribution >= 0.6 is 0 Å². The van der Waals surface area contributed by atoms with Crippen LogP contribution in [0.3, 0.4) is 0 Å². The predicted molar refractivity (Wildman–Crippen MR) is 82.6 cm³/mol. The fourth-order valence-electron chi connectivity index (χ4n) is 3.54. The van der Waals surface area contributed by atoms with Gasteiger partial charge in [-0.1, -0.05) is 24.6 Å². The van der Waals surface area contributed by atoms with Crippen LogP contribution < -0.4 is 16.2 Å². The Kier molecular flexibility index (Phi) is 3.78. The summed E-state index contributed by atoms with van der Waals surface area (Å²) in [6.45, 7) is 10.6. The number of carbonyl (C=O) groups excluding carboxylic acids is 1. The monoisotopic (exact) mass is 275 g/mol. The van der Waals surface area contributed by atoms with E-state index < -0.39 is 0 Å². The molecule has 2 rings (SSSR count). The van der Waals surface area contributed by atoms with E-state index in [1.165, 1.54) is 11.1 Å². The van der Waals surface area contributed by atoms with Gasteiger partial charge in [-0.15, -0.1) is 0 Å². The molecule has 1 amide bonds. The predicted octanol–water partition coefficient (Wildman–Crippen LogP) is 2.47. The molecule has 110 valence electrons. The average Bonchev–Trinajstić information content (AvgIpc) is 2.37. The number of nitrogens with zero attached hydrogens (tertiary/aromatic N) is 1. The molecule has 1 aromatic rings. The minimum atomic E-state index is -0.288. The molecular weight excluding hydrogens is 250 g/mol. The lowest BCUT2D eigenvalue weighted by Gasteiger charge is -2.50. The van der Waals surface area contributed by atoms with Crippen LogP contribution in [0.1, 0.15) is 51.2 Å². The van der Waals surface area contributed by atoms with E-state index in [1.807, 2.05) is 6.92 Å². The standard InChI is InChI=1S/C16H25N3O/c1-10-6-7-14-13(8-10)11(2)9-16(4,5)19(14)12(3)15(20)18-17/h6-8,11-12H,9,17H2,1-5H3,(H,18,20)/t11-,12-/m0/s1. The van der Waals surface area contributed by atoms with Crippen LogP contribution in [0.2, 0.25) is 0 Å². The summed E-state index contributed by atoms with van der Waals surface area (Å²) in [5.41, 5.74) is 5.92.